The van der Waals surface area contributed by atoms with E-state index in [0.717, 1.165) is 18.5 Å². The molecule has 2 rings (SSSR count). The molecule has 0 amide bonds. The minimum atomic E-state index is -0.796. The van der Waals surface area contributed by atoms with Gasteiger partial charge in [0.25, 0.3) is 0 Å². The number of phenolic OH excluding ortho intramolecular Hbond substituents is 1. The summed E-state index contributed by atoms with van der Waals surface area (Å²) in [4.78, 5) is 11.1. The Bertz CT molecular complexity index is 596. The SMILES string of the molecule is COc1cc(/C=C/C=[N+]2CCCC2C(=O)O)cc(OC)c1O. The predicted octanol–water partition coefficient (Wildman–Crippen LogP) is 1.75. The Hall–Kier alpha value is -2.50. The largest absolute Gasteiger partial charge is 0.502 e. The van der Waals surface area contributed by atoms with Crippen molar-refractivity contribution in [3.8, 4) is 17.2 Å². The normalized spacial score (nSPS) is 19.7. The predicted molar refractivity (Wildman–Crippen MR) is 82.1 cm³/mol. The Morgan fingerprint density at radius 1 is 1.32 bits per heavy atom. The highest BCUT2D eigenvalue weighted by Gasteiger charge is 2.33. The van der Waals surface area contributed by atoms with Gasteiger partial charge in [-0.2, -0.15) is 0 Å². The maximum atomic E-state index is 11.1. The van der Waals surface area contributed by atoms with Gasteiger partial charge in [0, 0.05) is 18.9 Å². The van der Waals surface area contributed by atoms with Gasteiger partial charge in [0.15, 0.2) is 17.7 Å². The van der Waals surface area contributed by atoms with Crippen LogP contribution >= 0.6 is 0 Å². The molecule has 118 valence electrons. The third-order valence-electron chi connectivity index (χ3n) is 3.65. The highest BCUT2D eigenvalue weighted by Crippen LogP contribution is 2.37. The van der Waals surface area contributed by atoms with Gasteiger partial charge < -0.3 is 19.7 Å². The lowest BCUT2D eigenvalue weighted by Gasteiger charge is -2.09. The van der Waals surface area contributed by atoms with Crippen molar-refractivity contribution in [2.45, 2.75) is 18.9 Å². The van der Waals surface area contributed by atoms with E-state index in [4.69, 9.17) is 14.6 Å². The summed E-state index contributed by atoms with van der Waals surface area (Å²) in [6.07, 6.45) is 6.91. The standard InChI is InChI=1S/C16H19NO5/c1-21-13-9-11(10-14(22-2)15(13)18)5-3-7-17-8-4-6-12(17)16(19)20/h3,5,7,9-10,12H,4,6,8H2,1-2H3,(H,19,20)/p+1. The second-order valence-corrected chi connectivity index (χ2v) is 5.02. The molecule has 22 heavy (non-hydrogen) atoms. The van der Waals surface area contributed by atoms with Crippen LogP contribution < -0.4 is 9.47 Å². The average Bonchev–Trinajstić information content (AvgIpc) is 2.97. The summed E-state index contributed by atoms with van der Waals surface area (Å²) in [6.45, 7) is 0.740. The van der Waals surface area contributed by atoms with E-state index in [9.17, 15) is 9.90 Å². The number of carbonyl (C=O) groups is 1. The fourth-order valence-corrected chi connectivity index (χ4v) is 2.51. The van der Waals surface area contributed by atoms with Crippen molar-refractivity contribution < 1.29 is 29.1 Å². The van der Waals surface area contributed by atoms with Gasteiger partial charge in [0.2, 0.25) is 11.8 Å². The Balaban J connectivity index is 2.21. The third kappa shape index (κ3) is 3.39. The molecule has 1 unspecified atom stereocenters. The molecule has 0 spiro atoms. The topological polar surface area (TPSA) is 79.0 Å². The number of rotatable bonds is 5. The zero-order valence-electron chi connectivity index (χ0n) is 12.7. The molecule has 1 aromatic carbocycles. The minimum absolute atomic E-state index is 0.0448. The summed E-state index contributed by atoms with van der Waals surface area (Å²) in [5.41, 5.74) is 0.786. The summed E-state index contributed by atoms with van der Waals surface area (Å²) in [5, 5.41) is 19.0. The Morgan fingerprint density at radius 3 is 2.50 bits per heavy atom. The summed E-state index contributed by atoms with van der Waals surface area (Å²) < 4.78 is 12.0. The van der Waals surface area contributed by atoms with E-state index in [2.05, 4.69) is 0 Å². The minimum Gasteiger partial charge on any atom is -0.502 e. The van der Waals surface area contributed by atoms with Crippen molar-refractivity contribution in [1.29, 1.82) is 0 Å². The van der Waals surface area contributed by atoms with Gasteiger partial charge in [0.1, 0.15) is 6.54 Å². The van der Waals surface area contributed by atoms with E-state index in [-0.39, 0.29) is 5.75 Å². The van der Waals surface area contributed by atoms with Crippen LogP contribution in [0.15, 0.2) is 18.2 Å². The van der Waals surface area contributed by atoms with Crippen LogP contribution in [0.4, 0.5) is 0 Å². The fourth-order valence-electron chi connectivity index (χ4n) is 2.51. The summed E-state index contributed by atoms with van der Waals surface area (Å²) in [6, 6.07) is 2.91. The maximum Gasteiger partial charge on any atom is 0.372 e. The molecule has 6 nitrogen and oxygen atoms in total. The van der Waals surface area contributed by atoms with Crippen LogP contribution in [0.5, 0.6) is 17.2 Å². The van der Waals surface area contributed by atoms with Crippen LogP contribution in [-0.4, -0.2) is 53.8 Å². The highest BCUT2D eigenvalue weighted by molar-refractivity contribution is 5.78. The van der Waals surface area contributed by atoms with E-state index in [1.54, 1.807) is 24.4 Å². The van der Waals surface area contributed by atoms with Crippen LogP contribution in [0.3, 0.4) is 0 Å². The molecule has 0 saturated carbocycles. The van der Waals surface area contributed by atoms with Gasteiger partial charge in [-0.1, -0.05) is 0 Å². The highest BCUT2D eigenvalue weighted by atomic mass is 16.5. The van der Waals surface area contributed by atoms with Gasteiger partial charge >= 0.3 is 5.97 Å². The molecule has 1 heterocycles. The van der Waals surface area contributed by atoms with Crippen LogP contribution in [0.25, 0.3) is 6.08 Å². The number of nitrogens with zero attached hydrogens (tertiary/aromatic N) is 1. The van der Waals surface area contributed by atoms with Crippen molar-refractivity contribution in [1.82, 2.24) is 0 Å². The first-order valence-electron chi connectivity index (χ1n) is 7.02. The average molecular weight is 306 g/mol. The zero-order chi connectivity index (χ0) is 16.1. The van der Waals surface area contributed by atoms with E-state index in [1.165, 1.54) is 14.2 Å². The molecule has 0 aliphatic carbocycles. The molecule has 2 N–H and O–H groups in total. The number of phenols is 1. The summed E-state index contributed by atoms with van der Waals surface area (Å²) >= 11 is 0. The lowest BCUT2D eigenvalue weighted by Crippen LogP contribution is -2.28. The van der Waals surface area contributed by atoms with Gasteiger partial charge in [0.05, 0.1) is 14.2 Å². The zero-order valence-corrected chi connectivity index (χ0v) is 12.7. The van der Waals surface area contributed by atoms with Gasteiger partial charge in [-0.25, -0.2) is 9.37 Å². The molecule has 1 saturated heterocycles. The lowest BCUT2D eigenvalue weighted by molar-refractivity contribution is -0.527. The molecular weight excluding hydrogens is 286 g/mol. The smallest absolute Gasteiger partial charge is 0.372 e. The van der Waals surface area contributed by atoms with E-state index in [1.807, 2.05) is 10.7 Å². The molecule has 1 aliphatic heterocycles. The molecule has 1 fully saturated rings. The Kier molecular flexibility index (Phi) is 5.04. The molecule has 1 atom stereocenters. The second-order valence-electron chi connectivity index (χ2n) is 5.02. The van der Waals surface area contributed by atoms with Crippen molar-refractivity contribution in [3.63, 3.8) is 0 Å². The van der Waals surface area contributed by atoms with Crippen LogP contribution in [0.1, 0.15) is 18.4 Å². The molecular formula is C16H20NO5+. The van der Waals surface area contributed by atoms with E-state index < -0.39 is 12.0 Å². The quantitative estimate of drug-likeness (QED) is 0.810. The summed E-state index contributed by atoms with van der Waals surface area (Å²) in [5.74, 6) is -0.195. The number of ether oxygens (including phenoxy) is 2. The van der Waals surface area contributed by atoms with Crippen LogP contribution in [-0.2, 0) is 4.79 Å². The van der Waals surface area contributed by atoms with E-state index >= 15 is 0 Å². The van der Waals surface area contributed by atoms with Gasteiger partial charge in [-0.15, -0.1) is 0 Å². The van der Waals surface area contributed by atoms with Crippen molar-refractivity contribution in [2.75, 3.05) is 20.8 Å². The first kappa shape index (κ1) is 15.9. The molecule has 1 aliphatic rings. The maximum absolute atomic E-state index is 11.1. The second kappa shape index (κ2) is 6.98. The monoisotopic (exact) mass is 306 g/mol. The Morgan fingerprint density at radius 2 is 1.95 bits per heavy atom. The van der Waals surface area contributed by atoms with Crippen molar-refractivity contribution >= 4 is 18.3 Å². The number of aliphatic carboxylic acids is 1. The lowest BCUT2D eigenvalue weighted by atomic mass is 10.1. The first-order valence-corrected chi connectivity index (χ1v) is 7.02. The number of carboxylic acid groups (broad SMARTS) is 1. The number of aromatic hydroxyl groups is 1. The molecule has 0 bridgehead atoms. The molecule has 0 radical (unpaired) electrons. The van der Waals surface area contributed by atoms with E-state index in [0.29, 0.717) is 17.9 Å². The number of hydrogen-bond donors (Lipinski definition) is 2. The van der Waals surface area contributed by atoms with Crippen LogP contribution in [0.2, 0.25) is 0 Å². The van der Waals surface area contributed by atoms with Gasteiger partial charge in [-0.05, 0) is 23.8 Å². The number of hydrogen-bond acceptors (Lipinski definition) is 4. The molecule has 6 heteroatoms. The fraction of sp³-hybridized carbons (Fsp3) is 0.375. The first-order chi connectivity index (χ1) is 10.6. The van der Waals surface area contributed by atoms with Crippen molar-refractivity contribution in [3.05, 3.63) is 23.8 Å². The number of benzene rings is 1. The number of methoxy groups -OCH3 is 2. The third-order valence-corrected chi connectivity index (χ3v) is 3.65. The van der Waals surface area contributed by atoms with Crippen LogP contribution in [0, 0.1) is 0 Å². The number of carboxylic acids is 1. The van der Waals surface area contributed by atoms with Gasteiger partial charge in [-0.3, -0.25) is 0 Å². The Labute approximate surface area is 128 Å². The molecule has 1 aromatic rings. The summed E-state index contributed by atoms with van der Waals surface area (Å²) in [7, 11) is 2.94. The number of allylic oxidation sites excluding steroid dienone is 1. The molecule has 0 aromatic heterocycles. The van der Waals surface area contributed by atoms with Crippen molar-refractivity contribution in [2.24, 2.45) is 0 Å².